The van der Waals surface area contributed by atoms with Crippen molar-refractivity contribution in [1.29, 1.82) is 0 Å². The predicted octanol–water partition coefficient (Wildman–Crippen LogP) is 5.96. The normalized spacial score (nSPS) is 36.5. The number of carbonyl (C=O) groups is 2. The number of benzene rings is 2. The molecule has 2 bridgehead atoms. The van der Waals surface area contributed by atoms with E-state index in [1.54, 1.807) is 11.8 Å². The van der Waals surface area contributed by atoms with Crippen LogP contribution in [-0.2, 0) is 9.59 Å². The summed E-state index contributed by atoms with van der Waals surface area (Å²) in [5.74, 6) is 0.0314. The maximum absolute atomic E-state index is 13.8. The number of hydrogen-bond acceptors (Lipinski definition) is 4. The molecule has 2 aromatic carbocycles. The number of amides is 2. The van der Waals surface area contributed by atoms with Crippen LogP contribution in [0.15, 0.2) is 75.9 Å². The molecule has 3 aliphatic heterocycles. The zero-order chi connectivity index (χ0) is 22.4. The number of halogens is 1. The maximum atomic E-state index is 13.8. The highest BCUT2D eigenvalue weighted by Gasteiger charge is 2.69. The van der Waals surface area contributed by atoms with Gasteiger partial charge >= 0.3 is 0 Å². The Bertz CT molecular complexity index is 1240. The molecule has 0 N–H and O–H groups in total. The summed E-state index contributed by atoms with van der Waals surface area (Å²) >= 11 is 3.70. The second kappa shape index (κ2) is 7.09. The van der Waals surface area contributed by atoms with Gasteiger partial charge in [-0.1, -0.05) is 48.7 Å². The van der Waals surface area contributed by atoms with Crippen LogP contribution in [0.3, 0.4) is 0 Å². The third-order valence-electron chi connectivity index (χ3n) is 8.24. The summed E-state index contributed by atoms with van der Waals surface area (Å²) in [6, 6.07) is 16.2. The molecule has 0 radical (unpaired) electrons. The van der Waals surface area contributed by atoms with Crippen LogP contribution in [0.5, 0.6) is 0 Å². The Labute approximate surface area is 200 Å². The van der Waals surface area contributed by atoms with Gasteiger partial charge in [-0.2, -0.15) is 0 Å². The molecule has 0 aromatic heterocycles. The molecule has 166 valence electrons. The van der Waals surface area contributed by atoms with Gasteiger partial charge in [-0.25, -0.2) is 4.39 Å². The molecule has 2 saturated carbocycles. The van der Waals surface area contributed by atoms with Crippen molar-refractivity contribution in [3.8, 4) is 0 Å². The highest BCUT2D eigenvalue weighted by molar-refractivity contribution is 8.10. The number of carbonyl (C=O) groups excluding carboxylic acids is 2. The molecule has 2 amide bonds. The van der Waals surface area contributed by atoms with Crippen LogP contribution in [0.2, 0.25) is 0 Å². The minimum absolute atomic E-state index is 0.0222. The summed E-state index contributed by atoms with van der Waals surface area (Å²) in [5, 5.41) is 0.309. The summed E-state index contributed by atoms with van der Waals surface area (Å²) in [7, 11) is 0. The smallest absolute Gasteiger partial charge is 0.238 e. The summed E-state index contributed by atoms with van der Waals surface area (Å²) in [6.07, 6.45) is 1.81. The molecule has 2 aliphatic carbocycles. The van der Waals surface area contributed by atoms with Crippen LogP contribution in [0.25, 0.3) is 0 Å². The fourth-order valence-corrected chi connectivity index (χ4v) is 10.4. The van der Waals surface area contributed by atoms with Crippen LogP contribution in [0.1, 0.15) is 24.3 Å². The van der Waals surface area contributed by atoms with Crippen LogP contribution in [0, 0.1) is 35.4 Å². The van der Waals surface area contributed by atoms with Crippen molar-refractivity contribution in [3.63, 3.8) is 0 Å². The van der Waals surface area contributed by atoms with E-state index >= 15 is 0 Å². The lowest BCUT2D eigenvalue weighted by Crippen LogP contribution is -2.42. The van der Waals surface area contributed by atoms with Crippen molar-refractivity contribution in [3.05, 3.63) is 87.3 Å². The monoisotopic (exact) mass is 475 g/mol. The molecule has 3 heterocycles. The Balaban J connectivity index is 1.31. The lowest BCUT2D eigenvalue weighted by Gasteiger charge is -2.44. The zero-order valence-corrected chi connectivity index (χ0v) is 19.5. The van der Waals surface area contributed by atoms with Crippen molar-refractivity contribution in [2.75, 3.05) is 4.90 Å². The molecule has 6 heteroatoms. The Kier molecular flexibility index (Phi) is 4.32. The van der Waals surface area contributed by atoms with Crippen molar-refractivity contribution in [2.24, 2.45) is 29.6 Å². The Morgan fingerprint density at radius 1 is 0.939 bits per heavy atom. The average molecular weight is 476 g/mol. The molecule has 3 nitrogen and oxygen atoms in total. The molecule has 2 aromatic rings. The van der Waals surface area contributed by atoms with Gasteiger partial charge in [0.05, 0.1) is 17.5 Å². The largest absolute Gasteiger partial charge is 0.274 e. The van der Waals surface area contributed by atoms with Gasteiger partial charge in [0.1, 0.15) is 5.82 Å². The second-order valence-electron chi connectivity index (χ2n) is 9.76. The van der Waals surface area contributed by atoms with Gasteiger partial charge in [-0.3, -0.25) is 14.5 Å². The molecular formula is C27H22FNO2S2. The van der Waals surface area contributed by atoms with Crippen molar-refractivity contribution in [2.45, 2.75) is 24.0 Å². The lowest BCUT2D eigenvalue weighted by molar-refractivity contribution is -0.123. The van der Waals surface area contributed by atoms with E-state index in [1.807, 2.05) is 54.2 Å². The van der Waals surface area contributed by atoms with Crippen LogP contribution in [-0.4, -0.2) is 17.1 Å². The summed E-state index contributed by atoms with van der Waals surface area (Å²) in [6.45, 7) is 4.23. The minimum Gasteiger partial charge on any atom is -0.274 e. The molecular weight excluding hydrogens is 453 g/mol. The number of hydrogen-bond donors (Lipinski definition) is 0. The Morgan fingerprint density at radius 3 is 2.36 bits per heavy atom. The molecule has 7 rings (SSSR count). The minimum atomic E-state index is -0.246. The number of fused-ring (bicyclic) bond motifs is 8. The third kappa shape index (κ3) is 2.71. The molecule has 0 spiro atoms. The van der Waals surface area contributed by atoms with Crippen molar-refractivity contribution < 1.29 is 14.0 Å². The highest BCUT2D eigenvalue weighted by Crippen LogP contribution is 2.71. The number of nitrogens with zero attached hydrogens (tertiary/aromatic N) is 1. The van der Waals surface area contributed by atoms with E-state index in [1.165, 1.54) is 26.8 Å². The standard InChI is InChI=1S/C27H22FNO2S2/c1-13-11-19-25(32-13)20(14-7-9-15(28)10-8-14)21-17-12-18(24(21)33-19)23-22(17)26(30)29(27(23)31)16-5-3-2-4-6-16/h2-10,17-18,20-24H,1,11-12H2/t17-,18-,20-,21-,22+,23-,24-/m1/s1. The number of rotatable bonds is 2. The lowest BCUT2D eigenvalue weighted by atomic mass is 9.68. The quantitative estimate of drug-likeness (QED) is 0.503. The van der Waals surface area contributed by atoms with E-state index in [-0.39, 0.29) is 53.1 Å². The summed E-state index contributed by atoms with van der Waals surface area (Å²) in [4.78, 5) is 32.5. The van der Waals surface area contributed by atoms with Crippen LogP contribution >= 0.6 is 23.5 Å². The predicted molar refractivity (Wildman–Crippen MR) is 130 cm³/mol. The topological polar surface area (TPSA) is 37.4 Å². The van der Waals surface area contributed by atoms with E-state index in [4.69, 9.17) is 0 Å². The molecule has 0 unspecified atom stereocenters. The zero-order valence-electron chi connectivity index (χ0n) is 17.8. The molecule has 1 saturated heterocycles. The van der Waals surface area contributed by atoms with Gasteiger partial charge < -0.3 is 0 Å². The van der Waals surface area contributed by atoms with Crippen LogP contribution < -0.4 is 4.90 Å². The first-order valence-electron chi connectivity index (χ1n) is 11.5. The molecule has 3 fully saturated rings. The van der Waals surface area contributed by atoms with E-state index < -0.39 is 0 Å². The van der Waals surface area contributed by atoms with Gasteiger partial charge in [-0.15, -0.1) is 11.8 Å². The number of imide groups is 1. The second-order valence-corrected chi connectivity index (χ2v) is 12.3. The first-order valence-corrected chi connectivity index (χ1v) is 13.2. The fourth-order valence-electron chi connectivity index (χ4n) is 7.15. The first kappa shape index (κ1) is 20.1. The van der Waals surface area contributed by atoms with Gasteiger partial charge in [0.15, 0.2) is 0 Å². The van der Waals surface area contributed by atoms with Crippen molar-refractivity contribution >= 4 is 41.0 Å². The van der Waals surface area contributed by atoms with Gasteiger partial charge in [-0.05, 0) is 58.9 Å². The highest BCUT2D eigenvalue weighted by atomic mass is 32.2. The molecule has 7 atom stereocenters. The Morgan fingerprint density at radius 2 is 1.64 bits per heavy atom. The van der Waals surface area contributed by atoms with E-state index in [9.17, 15) is 14.0 Å². The number of anilines is 1. The van der Waals surface area contributed by atoms with Crippen molar-refractivity contribution in [1.82, 2.24) is 0 Å². The summed E-state index contributed by atoms with van der Waals surface area (Å²) < 4.78 is 13.8. The fraction of sp³-hybridized carbons (Fsp3) is 0.333. The Hall–Kier alpha value is -2.31. The first-order chi connectivity index (χ1) is 16.0. The molecule has 33 heavy (non-hydrogen) atoms. The van der Waals surface area contributed by atoms with E-state index in [0.717, 1.165) is 23.3 Å². The van der Waals surface area contributed by atoms with Gasteiger partial charge in [0.2, 0.25) is 11.8 Å². The van der Waals surface area contributed by atoms with E-state index in [2.05, 4.69) is 6.58 Å². The maximum Gasteiger partial charge on any atom is 0.238 e. The summed E-state index contributed by atoms with van der Waals surface area (Å²) in [5.41, 5.74) is 1.79. The number of para-hydroxylation sites is 1. The van der Waals surface area contributed by atoms with E-state index in [0.29, 0.717) is 10.9 Å². The number of thioether (sulfide) groups is 2. The average Bonchev–Trinajstić information content (AvgIpc) is 3.54. The molecule has 5 aliphatic rings. The van der Waals surface area contributed by atoms with Gasteiger partial charge in [0.25, 0.3) is 0 Å². The van der Waals surface area contributed by atoms with Crippen LogP contribution in [0.4, 0.5) is 10.1 Å². The van der Waals surface area contributed by atoms with Gasteiger partial charge in [0, 0.05) is 27.4 Å². The number of allylic oxidation sites excluding steroid dienone is 3. The SMILES string of the molecule is C=C1CC2=C(S1)[C@H](c1ccc(F)cc1)[C@H]1[C@H]3C[C@@H]([C@H]1S2)[C@H]1C(=O)N(c2ccccc2)C(=O)[C@@H]31. The third-order valence-corrected chi connectivity index (χ3v) is 11.1.